The maximum Gasteiger partial charge on any atom is 0.405 e. The van der Waals surface area contributed by atoms with E-state index in [1.807, 2.05) is 0 Å². The molecule has 1 atom stereocenters. The molecule has 4 N–H and O–H groups in total. The largest absolute Gasteiger partial charge is 0.409 e. The molecule has 0 aliphatic rings. The molecule has 0 radical (unpaired) electrons. The molecule has 1 amide bonds. The minimum Gasteiger partial charge on any atom is -0.409 e. The van der Waals surface area contributed by atoms with Crippen molar-refractivity contribution in [1.29, 1.82) is 0 Å². The predicted octanol–water partition coefficient (Wildman–Crippen LogP) is 0.828. The smallest absolute Gasteiger partial charge is 0.405 e. The number of carbonyl (C=O) groups excluding carboxylic acids is 1. The minimum atomic E-state index is -4.49. The summed E-state index contributed by atoms with van der Waals surface area (Å²) >= 11 is 0. The second-order valence-corrected chi connectivity index (χ2v) is 3.47. The molecule has 8 heteroatoms. The Bertz CT molecular complexity index is 291. The van der Waals surface area contributed by atoms with E-state index in [1.165, 1.54) is 6.92 Å². The highest BCUT2D eigenvalue weighted by molar-refractivity contribution is 6.06. The lowest BCUT2D eigenvalue weighted by atomic mass is 9.85. The van der Waals surface area contributed by atoms with Gasteiger partial charge in [0.1, 0.15) is 12.0 Å². The SMILES string of the molecule is CCC(C)(C(=O)NCC(F)(F)F)C(N)=NO. The van der Waals surface area contributed by atoms with Gasteiger partial charge in [0.05, 0.1) is 0 Å². The van der Waals surface area contributed by atoms with E-state index in [-0.39, 0.29) is 6.42 Å². The topological polar surface area (TPSA) is 87.7 Å². The Morgan fingerprint density at radius 3 is 2.31 bits per heavy atom. The molecule has 94 valence electrons. The van der Waals surface area contributed by atoms with Crippen molar-refractivity contribution in [2.24, 2.45) is 16.3 Å². The zero-order valence-electron chi connectivity index (χ0n) is 8.93. The fraction of sp³-hybridized carbons (Fsp3) is 0.750. The molecule has 0 bridgehead atoms. The van der Waals surface area contributed by atoms with E-state index < -0.39 is 29.9 Å². The monoisotopic (exact) mass is 241 g/mol. The summed E-state index contributed by atoms with van der Waals surface area (Å²) < 4.78 is 35.6. The summed E-state index contributed by atoms with van der Waals surface area (Å²) in [7, 11) is 0. The first-order valence-electron chi connectivity index (χ1n) is 4.50. The van der Waals surface area contributed by atoms with Crippen LogP contribution in [0.1, 0.15) is 20.3 Å². The predicted molar refractivity (Wildman–Crippen MR) is 50.9 cm³/mol. The number of amidine groups is 1. The molecule has 0 saturated carbocycles. The Labute approximate surface area is 90.5 Å². The highest BCUT2D eigenvalue weighted by atomic mass is 19.4. The molecule has 0 aromatic rings. The van der Waals surface area contributed by atoms with Crippen molar-refractivity contribution in [2.75, 3.05) is 6.54 Å². The number of hydrogen-bond acceptors (Lipinski definition) is 3. The van der Waals surface area contributed by atoms with Gasteiger partial charge >= 0.3 is 6.18 Å². The number of hydrogen-bond donors (Lipinski definition) is 3. The van der Waals surface area contributed by atoms with E-state index in [9.17, 15) is 18.0 Å². The maximum atomic E-state index is 11.9. The van der Waals surface area contributed by atoms with Crippen LogP contribution in [-0.2, 0) is 4.79 Å². The van der Waals surface area contributed by atoms with E-state index >= 15 is 0 Å². The Morgan fingerprint density at radius 1 is 1.50 bits per heavy atom. The number of carbonyl (C=O) groups is 1. The first kappa shape index (κ1) is 14.5. The molecule has 5 nitrogen and oxygen atoms in total. The van der Waals surface area contributed by atoms with Crippen molar-refractivity contribution in [3.05, 3.63) is 0 Å². The molecule has 0 saturated heterocycles. The Hall–Kier alpha value is -1.47. The fourth-order valence-electron chi connectivity index (χ4n) is 0.944. The number of nitrogens with one attached hydrogen (secondary N) is 1. The minimum absolute atomic E-state index is 0.118. The summed E-state index contributed by atoms with van der Waals surface area (Å²) in [6.07, 6.45) is -4.37. The van der Waals surface area contributed by atoms with Crippen LogP contribution in [0, 0.1) is 5.41 Å². The Morgan fingerprint density at radius 2 is 2.00 bits per heavy atom. The summed E-state index contributed by atoms with van der Waals surface area (Å²) in [6, 6.07) is 0. The number of nitrogens with zero attached hydrogens (tertiary/aromatic N) is 1. The highest BCUT2D eigenvalue weighted by Gasteiger charge is 2.38. The highest BCUT2D eigenvalue weighted by Crippen LogP contribution is 2.22. The van der Waals surface area contributed by atoms with E-state index in [0.717, 1.165) is 0 Å². The molecule has 0 aromatic heterocycles. The van der Waals surface area contributed by atoms with E-state index in [2.05, 4.69) is 5.16 Å². The van der Waals surface area contributed by atoms with Crippen molar-refractivity contribution in [3.63, 3.8) is 0 Å². The molecule has 0 aromatic carbocycles. The molecule has 1 unspecified atom stereocenters. The molecular formula is C8H14F3N3O2. The number of amides is 1. The molecule has 0 aliphatic carbocycles. The second kappa shape index (κ2) is 5.04. The summed E-state index contributed by atoms with van der Waals surface area (Å²) in [5.74, 6) is -1.35. The molecule has 0 spiro atoms. The van der Waals surface area contributed by atoms with Gasteiger partial charge in [-0.15, -0.1) is 0 Å². The van der Waals surface area contributed by atoms with Gasteiger partial charge in [0.15, 0.2) is 5.84 Å². The van der Waals surface area contributed by atoms with Gasteiger partial charge in [-0.1, -0.05) is 12.1 Å². The first-order valence-corrected chi connectivity index (χ1v) is 4.50. The van der Waals surface area contributed by atoms with Crippen LogP contribution >= 0.6 is 0 Å². The quantitative estimate of drug-likeness (QED) is 0.295. The van der Waals surface area contributed by atoms with Crippen LogP contribution in [0.25, 0.3) is 0 Å². The van der Waals surface area contributed by atoms with Crippen LogP contribution in [0.5, 0.6) is 0 Å². The maximum absolute atomic E-state index is 11.9. The first-order chi connectivity index (χ1) is 7.17. The van der Waals surface area contributed by atoms with Crippen LogP contribution in [0.2, 0.25) is 0 Å². The molecule has 0 fully saturated rings. The van der Waals surface area contributed by atoms with Gasteiger partial charge in [-0.25, -0.2) is 0 Å². The Balaban J connectivity index is 4.68. The van der Waals surface area contributed by atoms with Crippen LogP contribution in [-0.4, -0.2) is 29.7 Å². The van der Waals surface area contributed by atoms with Crippen LogP contribution < -0.4 is 11.1 Å². The zero-order valence-corrected chi connectivity index (χ0v) is 8.93. The molecule has 0 heterocycles. The lowest BCUT2D eigenvalue weighted by molar-refractivity contribution is -0.142. The third kappa shape index (κ3) is 3.59. The number of oxime groups is 1. The Kier molecular flexibility index (Phi) is 4.58. The average Bonchev–Trinajstić information content (AvgIpc) is 2.22. The zero-order chi connectivity index (χ0) is 13.0. The van der Waals surface area contributed by atoms with Crippen molar-refractivity contribution >= 4 is 11.7 Å². The van der Waals surface area contributed by atoms with Gasteiger partial charge < -0.3 is 16.3 Å². The standard InChI is InChI=1S/C8H14F3N3O2/c1-3-7(2,5(12)14-16)6(15)13-4-8(9,10)11/h16H,3-4H2,1-2H3,(H2,12,14)(H,13,15). The third-order valence-electron chi connectivity index (χ3n) is 2.33. The second-order valence-electron chi connectivity index (χ2n) is 3.47. The van der Waals surface area contributed by atoms with E-state index in [4.69, 9.17) is 10.9 Å². The van der Waals surface area contributed by atoms with E-state index in [1.54, 1.807) is 12.2 Å². The van der Waals surface area contributed by atoms with E-state index in [0.29, 0.717) is 0 Å². The number of rotatable bonds is 4. The number of nitrogens with two attached hydrogens (primary N) is 1. The summed E-state index contributed by atoms with van der Waals surface area (Å²) in [5, 5.41) is 12.8. The van der Waals surface area contributed by atoms with Crippen molar-refractivity contribution in [2.45, 2.75) is 26.4 Å². The lowest BCUT2D eigenvalue weighted by Gasteiger charge is -2.25. The summed E-state index contributed by atoms with van der Waals surface area (Å²) in [4.78, 5) is 11.5. The van der Waals surface area contributed by atoms with Crippen LogP contribution in [0.3, 0.4) is 0 Å². The number of alkyl halides is 3. The van der Waals surface area contributed by atoms with Crippen LogP contribution in [0.15, 0.2) is 5.16 Å². The number of halogens is 3. The van der Waals surface area contributed by atoms with Crippen LogP contribution in [0.4, 0.5) is 13.2 Å². The molecule has 16 heavy (non-hydrogen) atoms. The van der Waals surface area contributed by atoms with Gasteiger partial charge in [-0.3, -0.25) is 4.79 Å². The lowest BCUT2D eigenvalue weighted by Crippen LogP contribution is -2.49. The summed E-state index contributed by atoms with van der Waals surface area (Å²) in [6.45, 7) is 1.40. The van der Waals surface area contributed by atoms with Gasteiger partial charge in [0.25, 0.3) is 0 Å². The molecule has 0 rings (SSSR count). The normalized spacial score (nSPS) is 16.7. The summed E-state index contributed by atoms with van der Waals surface area (Å²) in [5.41, 5.74) is 3.82. The fourth-order valence-corrected chi connectivity index (χ4v) is 0.944. The van der Waals surface area contributed by atoms with Crippen molar-refractivity contribution in [3.8, 4) is 0 Å². The average molecular weight is 241 g/mol. The van der Waals surface area contributed by atoms with Gasteiger partial charge in [-0.05, 0) is 13.3 Å². The van der Waals surface area contributed by atoms with Crippen molar-refractivity contribution in [1.82, 2.24) is 5.32 Å². The molecular weight excluding hydrogens is 227 g/mol. The van der Waals surface area contributed by atoms with Crippen molar-refractivity contribution < 1.29 is 23.2 Å². The van der Waals surface area contributed by atoms with Gasteiger partial charge in [-0.2, -0.15) is 13.2 Å². The molecule has 0 aliphatic heterocycles. The van der Waals surface area contributed by atoms with Gasteiger partial charge in [0, 0.05) is 0 Å². The van der Waals surface area contributed by atoms with Gasteiger partial charge in [0.2, 0.25) is 5.91 Å². The third-order valence-corrected chi connectivity index (χ3v) is 2.33.